The van der Waals surface area contributed by atoms with Crippen LogP contribution < -0.4 is 10.5 Å². The summed E-state index contributed by atoms with van der Waals surface area (Å²) in [5, 5.41) is 1.21. The monoisotopic (exact) mass is 330 g/mol. The van der Waals surface area contributed by atoms with Crippen molar-refractivity contribution in [2.24, 2.45) is 0 Å². The van der Waals surface area contributed by atoms with Gasteiger partial charge in [-0.1, -0.05) is 18.2 Å². The van der Waals surface area contributed by atoms with E-state index in [9.17, 15) is 0 Å². The molecular weight excluding hydrogens is 316 g/mol. The molecule has 4 heteroatoms. The zero-order valence-corrected chi connectivity index (χ0v) is 12.7. The van der Waals surface area contributed by atoms with Gasteiger partial charge in [0, 0.05) is 39.9 Å². The van der Waals surface area contributed by atoms with E-state index in [0.29, 0.717) is 0 Å². The van der Waals surface area contributed by atoms with Crippen molar-refractivity contribution in [2.45, 2.75) is 6.54 Å². The van der Waals surface area contributed by atoms with Crippen LogP contribution in [0.15, 0.2) is 53.1 Å². The molecule has 0 unspecified atom stereocenters. The number of hydrogen-bond acceptors (Lipinski definition) is 2. The first-order valence-corrected chi connectivity index (χ1v) is 7.13. The standard InChI is InChI=1S/C16H15BrN2O/c1-20-13-7-11(6-12(18)8-13)9-19-10-15(17)14-4-2-3-5-16(14)19/h2-8,10H,9,18H2,1H3. The quantitative estimate of drug-likeness (QED) is 0.736. The number of fused-ring (bicyclic) bond motifs is 1. The summed E-state index contributed by atoms with van der Waals surface area (Å²) in [5.41, 5.74) is 8.94. The van der Waals surface area contributed by atoms with Gasteiger partial charge in [0.15, 0.2) is 0 Å². The molecule has 0 fully saturated rings. The Kier molecular flexibility index (Phi) is 3.40. The van der Waals surface area contributed by atoms with E-state index in [1.54, 1.807) is 7.11 Å². The van der Waals surface area contributed by atoms with Crippen LogP contribution in [0.4, 0.5) is 5.69 Å². The summed E-state index contributed by atoms with van der Waals surface area (Å²) in [7, 11) is 1.65. The number of nitrogens with zero attached hydrogens (tertiary/aromatic N) is 1. The summed E-state index contributed by atoms with van der Waals surface area (Å²) in [4.78, 5) is 0. The van der Waals surface area contributed by atoms with Crippen molar-refractivity contribution < 1.29 is 4.74 Å². The maximum absolute atomic E-state index is 5.91. The van der Waals surface area contributed by atoms with E-state index in [0.717, 1.165) is 28.0 Å². The van der Waals surface area contributed by atoms with Gasteiger partial charge < -0.3 is 15.0 Å². The third-order valence-electron chi connectivity index (χ3n) is 3.32. The molecule has 0 aliphatic heterocycles. The minimum absolute atomic E-state index is 0.717. The Balaban J connectivity index is 2.03. The molecule has 3 rings (SSSR count). The molecule has 3 nitrogen and oxygen atoms in total. The molecule has 0 saturated heterocycles. The first-order valence-electron chi connectivity index (χ1n) is 6.34. The second-order valence-electron chi connectivity index (χ2n) is 4.74. The van der Waals surface area contributed by atoms with E-state index in [4.69, 9.17) is 10.5 Å². The molecule has 0 bridgehead atoms. The number of benzene rings is 2. The lowest BCUT2D eigenvalue weighted by atomic mass is 10.2. The molecule has 3 aromatic rings. The SMILES string of the molecule is COc1cc(N)cc(Cn2cc(Br)c3ccccc32)c1. The largest absolute Gasteiger partial charge is 0.497 e. The predicted octanol–water partition coefficient (Wildman–Crippen LogP) is 4.04. The van der Waals surface area contributed by atoms with Gasteiger partial charge in [0.05, 0.1) is 7.11 Å². The molecule has 2 N–H and O–H groups in total. The summed E-state index contributed by atoms with van der Waals surface area (Å²) in [5.74, 6) is 0.788. The summed E-state index contributed by atoms with van der Waals surface area (Å²) in [6.07, 6.45) is 2.10. The Morgan fingerprint density at radius 1 is 1.20 bits per heavy atom. The van der Waals surface area contributed by atoms with Crippen LogP contribution in [-0.4, -0.2) is 11.7 Å². The number of halogens is 1. The molecule has 2 aromatic carbocycles. The van der Waals surface area contributed by atoms with Gasteiger partial charge in [-0.3, -0.25) is 0 Å². The van der Waals surface area contributed by atoms with E-state index in [2.05, 4.69) is 38.8 Å². The van der Waals surface area contributed by atoms with Crippen molar-refractivity contribution in [1.29, 1.82) is 0 Å². The van der Waals surface area contributed by atoms with E-state index in [1.807, 2.05) is 30.3 Å². The maximum Gasteiger partial charge on any atom is 0.121 e. The van der Waals surface area contributed by atoms with Crippen LogP contribution in [0.1, 0.15) is 5.56 Å². The second kappa shape index (κ2) is 5.21. The smallest absolute Gasteiger partial charge is 0.121 e. The number of methoxy groups -OCH3 is 1. The number of hydrogen-bond donors (Lipinski definition) is 1. The van der Waals surface area contributed by atoms with Crippen molar-refractivity contribution in [2.75, 3.05) is 12.8 Å². The van der Waals surface area contributed by atoms with Crippen LogP contribution in [-0.2, 0) is 6.54 Å². The molecule has 0 radical (unpaired) electrons. The molecule has 0 aliphatic carbocycles. The fourth-order valence-electron chi connectivity index (χ4n) is 2.42. The Morgan fingerprint density at radius 2 is 2.00 bits per heavy atom. The lowest BCUT2D eigenvalue weighted by molar-refractivity contribution is 0.414. The Labute approximate surface area is 126 Å². The van der Waals surface area contributed by atoms with Gasteiger partial charge in [0.2, 0.25) is 0 Å². The molecule has 1 aromatic heterocycles. The summed E-state index contributed by atoms with van der Waals surface area (Å²) < 4.78 is 8.57. The third kappa shape index (κ3) is 2.39. The minimum Gasteiger partial charge on any atom is -0.497 e. The fraction of sp³-hybridized carbons (Fsp3) is 0.125. The van der Waals surface area contributed by atoms with Gasteiger partial charge in [-0.25, -0.2) is 0 Å². The van der Waals surface area contributed by atoms with Crippen molar-refractivity contribution in [1.82, 2.24) is 4.57 Å². The Hall–Kier alpha value is -1.94. The number of nitrogen functional groups attached to an aromatic ring is 1. The maximum atomic E-state index is 5.91. The number of ether oxygens (including phenoxy) is 1. The molecule has 0 saturated carbocycles. The van der Waals surface area contributed by atoms with E-state index in [-0.39, 0.29) is 0 Å². The van der Waals surface area contributed by atoms with Crippen LogP contribution in [0, 0.1) is 0 Å². The van der Waals surface area contributed by atoms with Gasteiger partial charge in [-0.2, -0.15) is 0 Å². The Morgan fingerprint density at radius 3 is 2.80 bits per heavy atom. The van der Waals surface area contributed by atoms with Gasteiger partial charge in [0.25, 0.3) is 0 Å². The normalized spacial score (nSPS) is 10.9. The zero-order valence-electron chi connectivity index (χ0n) is 11.1. The number of rotatable bonds is 3. The average Bonchev–Trinajstić information content (AvgIpc) is 2.75. The highest BCUT2D eigenvalue weighted by Gasteiger charge is 2.07. The van der Waals surface area contributed by atoms with Crippen LogP contribution in [0.3, 0.4) is 0 Å². The highest BCUT2D eigenvalue weighted by Crippen LogP contribution is 2.27. The van der Waals surface area contributed by atoms with Gasteiger partial charge in [-0.15, -0.1) is 0 Å². The predicted molar refractivity (Wildman–Crippen MR) is 86.1 cm³/mol. The highest BCUT2D eigenvalue weighted by atomic mass is 79.9. The second-order valence-corrected chi connectivity index (χ2v) is 5.59. The first-order chi connectivity index (χ1) is 9.67. The zero-order chi connectivity index (χ0) is 14.1. The van der Waals surface area contributed by atoms with Crippen molar-refractivity contribution in [3.8, 4) is 5.75 Å². The summed E-state index contributed by atoms with van der Waals surface area (Å²) >= 11 is 3.60. The molecule has 102 valence electrons. The molecular formula is C16H15BrN2O. The number of para-hydroxylation sites is 1. The molecule has 1 heterocycles. The van der Waals surface area contributed by atoms with Crippen LogP contribution in [0.25, 0.3) is 10.9 Å². The van der Waals surface area contributed by atoms with E-state index in [1.165, 1.54) is 10.9 Å². The van der Waals surface area contributed by atoms with E-state index < -0.39 is 0 Å². The van der Waals surface area contributed by atoms with Crippen molar-refractivity contribution in [3.05, 3.63) is 58.7 Å². The first kappa shape index (κ1) is 13.1. The molecule has 0 amide bonds. The Bertz CT molecular complexity index is 764. The lowest BCUT2D eigenvalue weighted by Gasteiger charge is -2.09. The summed E-state index contributed by atoms with van der Waals surface area (Å²) in [6, 6.07) is 14.1. The highest BCUT2D eigenvalue weighted by molar-refractivity contribution is 9.10. The molecule has 0 aliphatic rings. The molecule has 20 heavy (non-hydrogen) atoms. The topological polar surface area (TPSA) is 40.2 Å². The average molecular weight is 331 g/mol. The number of aromatic nitrogens is 1. The van der Waals surface area contributed by atoms with Gasteiger partial charge in [0.1, 0.15) is 5.75 Å². The van der Waals surface area contributed by atoms with Crippen molar-refractivity contribution >= 4 is 32.5 Å². The van der Waals surface area contributed by atoms with Crippen LogP contribution >= 0.6 is 15.9 Å². The van der Waals surface area contributed by atoms with E-state index >= 15 is 0 Å². The van der Waals surface area contributed by atoms with Crippen LogP contribution in [0.5, 0.6) is 5.75 Å². The third-order valence-corrected chi connectivity index (χ3v) is 3.95. The number of nitrogens with two attached hydrogens (primary N) is 1. The molecule has 0 spiro atoms. The van der Waals surface area contributed by atoms with Gasteiger partial charge >= 0.3 is 0 Å². The molecule has 0 atom stereocenters. The fourth-order valence-corrected chi connectivity index (χ4v) is 3.01. The van der Waals surface area contributed by atoms with Gasteiger partial charge in [-0.05, 0) is 39.7 Å². The minimum atomic E-state index is 0.717. The van der Waals surface area contributed by atoms with Crippen LogP contribution in [0.2, 0.25) is 0 Å². The van der Waals surface area contributed by atoms with Crippen molar-refractivity contribution in [3.63, 3.8) is 0 Å². The number of anilines is 1. The summed E-state index contributed by atoms with van der Waals surface area (Å²) in [6.45, 7) is 0.757. The lowest BCUT2D eigenvalue weighted by Crippen LogP contribution is -1.99.